The first-order chi connectivity index (χ1) is 14.8. The van der Waals surface area contributed by atoms with Gasteiger partial charge in [-0.1, -0.05) is 32.4 Å². The monoisotopic (exact) mass is 425 g/mol. The molecule has 0 bridgehead atoms. The Balaban J connectivity index is 1.39. The van der Waals surface area contributed by atoms with E-state index in [1.54, 1.807) is 0 Å². The maximum Gasteiger partial charge on any atom is 0.163 e. The van der Waals surface area contributed by atoms with Crippen LogP contribution in [0.5, 0.6) is 0 Å². The number of carbonyl (C=O) groups is 1. The number of Topliss-reactive ketones (excluding diaryl/α,β-unsaturated/α-hetero) is 1. The van der Waals surface area contributed by atoms with E-state index in [1.807, 2.05) is 0 Å². The average molecular weight is 426 g/mol. The molecule has 2 saturated carbocycles. The van der Waals surface area contributed by atoms with Gasteiger partial charge in [0, 0.05) is 23.5 Å². The van der Waals surface area contributed by atoms with Crippen LogP contribution in [0.3, 0.4) is 0 Å². The fourth-order valence-electron chi connectivity index (χ4n) is 8.93. The third kappa shape index (κ3) is 2.62. The maximum absolute atomic E-state index is 14.1. The van der Waals surface area contributed by atoms with Crippen LogP contribution in [0, 0.1) is 35.0 Å². The van der Waals surface area contributed by atoms with Gasteiger partial charge in [-0.25, -0.2) is 0 Å². The molecule has 10 atom stereocenters. The lowest BCUT2D eigenvalue weighted by Crippen LogP contribution is -2.49. The Labute approximate surface area is 186 Å². The molecule has 0 amide bonds. The van der Waals surface area contributed by atoms with Crippen molar-refractivity contribution in [2.75, 3.05) is 6.54 Å². The zero-order valence-electron chi connectivity index (χ0n) is 19.6. The maximum atomic E-state index is 14.1. The molecular weight excluding hydrogens is 386 g/mol. The van der Waals surface area contributed by atoms with E-state index in [0.29, 0.717) is 35.5 Å². The van der Waals surface area contributed by atoms with Gasteiger partial charge in [-0.05, 0) is 87.2 Å². The number of ether oxygens (including phenoxy) is 1. The lowest BCUT2D eigenvalue weighted by atomic mass is 9.56. The van der Waals surface area contributed by atoms with Gasteiger partial charge in [0.25, 0.3) is 0 Å². The highest BCUT2D eigenvalue weighted by molar-refractivity contribution is 6.02. The SMILES string of the molecule is CC1=C2C(=O)[C@@H]3[C@H](CC=C4C[C@H](O)CC[C@@]43C)[C@@H]2CC[C@]12O[C@@H]1C[C@H](C)CN[C@@H]1[C@@H]2C. The predicted octanol–water partition coefficient (Wildman–Crippen LogP) is 4.18. The van der Waals surface area contributed by atoms with Crippen LogP contribution in [-0.4, -0.2) is 41.3 Å². The molecule has 2 aliphatic heterocycles. The molecule has 4 fully saturated rings. The Morgan fingerprint density at radius 3 is 2.84 bits per heavy atom. The number of piperidine rings is 1. The molecule has 170 valence electrons. The van der Waals surface area contributed by atoms with Crippen LogP contribution in [0.4, 0.5) is 0 Å². The molecule has 4 aliphatic carbocycles. The fraction of sp³-hybridized carbons (Fsp3) is 0.815. The van der Waals surface area contributed by atoms with E-state index in [9.17, 15) is 9.90 Å². The highest BCUT2D eigenvalue weighted by atomic mass is 16.5. The van der Waals surface area contributed by atoms with Gasteiger partial charge in [0.1, 0.15) is 0 Å². The number of rotatable bonds is 0. The molecule has 2 heterocycles. The van der Waals surface area contributed by atoms with Gasteiger partial charge in [0.2, 0.25) is 0 Å². The first-order valence-electron chi connectivity index (χ1n) is 12.8. The molecule has 31 heavy (non-hydrogen) atoms. The third-order valence-electron chi connectivity index (χ3n) is 10.6. The zero-order valence-corrected chi connectivity index (χ0v) is 19.6. The second-order valence-corrected chi connectivity index (χ2v) is 12.1. The molecule has 1 spiro atoms. The normalized spacial score (nSPS) is 53.7. The number of hydrogen-bond donors (Lipinski definition) is 2. The number of carbonyl (C=O) groups excluding carboxylic acids is 1. The summed E-state index contributed by atoms with van der Waals surface area (Å²) in [5.74, 6) is 2.41. The van der Waals surface area contributed by atoms with Gasteiger partial charge in [-0.2, -0.15) is 0 Å². The number of hydrogen-bond acceptors (Lipinski definition) is 4. The summed E-state index contributed by atoms with van der Waals surface area (Å²) in [6.45, 7) is 10.3. The van der Waals surface area contributed by atoms with Crippen LogP contribution in [0.15, 0.2) is 22.8 Å². The number of aliphatic hydroxyl groups is 1. The molecule has 0 aromatic carbocycles. The van der Waals surface area contributed by atoms with Crippen molar-refractivity contribution < 1.29 is 14.6 Å². The minimum absolute atomic E-state index is 0.0653. The second-order valence-electron chi connectivity index (χ2n) is 12.1. The van der Waals surface area contributed by atoms with Crippen molar-refractivity contribution in [3.05, 3.63) is 22.8 Å². The Kier molecular flexibility index (Phi) is 4.51. The van der Waals surface area contributed by atoms with Crippen LogP contribution in [0.2, 0.25) is 0 Å². The van der Waals surface area contributed by atoms with Crippen molar-refractivity contribution in [3.8, 4) is 0 Å². The van der Waals surface area contributed by atoms with Crippen molar-refractivity contribution in [1.82, 2.24) is 5.32 Å². The summed E-state index contributed by atoms with van der Waals surface area (Å²) in [7, 11) is 0. The van der Waals surface area contributed by atoms with E-state index in [1.165, 1.54) is 11.1 Å². The largest absolute Gasteiger partial charge is 0.393 e. The molecule has 6 aliphatic rings. The number of nitrogens with one attached hydrogen (secondary N) is 1. The first kappa shape index (κ1) is 20.6. The summed E-state index contributed by atoms with van der Waals surface area (Å²) in [6, 6.07) is 0.410. The Morgan fingerprint density at radius 1 is 1.23 bits per heavy atom. The lowest BCUT2D eigenvalue weighted by Gasteiger charge is -2.48. The number of ketones is 1. The highest BCUT2D eigenvalue weighted by Crippen LogP contribution is 2.63. The van der Waals surface area contributed by atoms with Crippen LogP contribution < -0.4 is 5.32 Å². The van der Waals surface area contributed by atoms with Crippen molar-refractivity contribution in [1.29, 1.82) is 0 Å². The van der Waals surface area contributed by atoms with Crippen LogP contribution in [-0.2, 0) is 9.53 Å². The summed E-state index contributed by atoms with van der Waals surface area (Å²) in [4.78, 5) is 14.1. The van der Waals surface area contributed by atoms with Crippen molar-refractivity contribution >= 4 is 5.78 Å². The minimum Gasteiger partial charge on any atom is -0.393 e. The molecule has 0 unspecified atom stereocenters. The van der Waals surface area contributed by atoms with E-state index in [2.05, 4.69) is 39.1 Å². The molecule has 0 aromatic rings. The Hall–Kier alpha value is -0.970. The van der Waals surface area contributed by atoms with Crippen molar-refractivity contribution in [2.45, 2.75) is 96.5 Å². The summed E-state index contributed by atoms with van der Waals surface area (Å²) in [6.07, 6.45) is 9.23. The number of fused-ring (bicyclic) bond motifs is 6. The van der Waals surface area contributed by atoms with Gasteiger partial charge >= 0.3 is 0 Å². The first-order valence-corrected chi connectivity index (χ1v) is 12.8. The molecule has 4 heteroatoms. The van der Waals surface area contributed by atoms with Gasteiger partial charge < -0.3 is 15.2 Å². The Bertz CT molecular complexity index is 876. The van der Waals surface area contributed by atoms with Crippen LogP contribution in [0.25, 0.3) is 0 Å². The highest BCUT2D eigenvalue weighted by Gasteiger charge is 2.63. The summed E-state index contributed by atoms with van der Waals surface area (Å²) in [5.41, 5.74) is 3.43. The standard InChI is InChI=1S/C27H39NO3/c1-14-11-21-24(28-13-14)16(3)27(31-21)10-8-19-20-6-5-17-12-18(29)7-9-26(17,4)23(20)25(30)22(19)15(27)2/h5,14,16,18-21,23-24,28-29H,6-13H2,1-4H3/t14-,16-,18+,19-,20+,21+,23-,24+,26-,27-/m0/s1. The average Bonchev–Trinajstić information content (AvgIpc) is 3.18. The van der Waals surface area contributed by atoms with E-state index in [4.69, 9.17) is 4.74 Å². The molecule has 2 N–H and O–H groups in total. The zero-order chi connectivity index (χ0) is 21.7. The van der Waals surface area contributed by atoms with E-state index in [0.717, 1.165) is 57.1 Å². The van der Waals surface area contributed by atoms with Crippen molar-refractivity contribution in [3.63, 3.8) is 0 Å². The van der Waals surface area contributed by atoms with E-state index >= 15 is 0 Å². The van der Waals surface area contributed by atoms with Gasteiger partial charge in [-0.15, -0.1) is 0 Å². The number of allylic oxidation sites excluding steroid dienone is 2. The van der Waals surface area contributed by atoms with Gasteiger partial charge in [0.05, 0.1) is 17.8 Å². The summed E-state index contributed by atoms with van der Waals surface area (Å²) < 4.78 is 6.93. The lowest BCUT2D eigenvalue weighted by molar-refractivity contribution is -0.123. The topological polar surface area (TPSA) is 58.6 Å². The van der Waals surface area contributed by atoms with Crippen LogP contribution in [0.1, 0.15) is 72.6 Å². The third-order valence-corrected chi connectivity index (χ3v) is 10.6. The van der Waals surface area contributed by atoms with Crippen LogP contribution >= 0.6 is 0 Å². The van der Waals surface area contributed by atoms with E-state index < -0.39 is 0 Å². The quantitative estimate of drug-likeness (QED) is 0.572. The summed E-state index contributed by atoms with van der Waals surface area (Å²) in [5, 5.41) is 14.0. The fourth-order valence-corrected chi connectivity index (χ4v) is 8.93. The molecule has 4 nitrogen and oxygen atoms in total. The smallest absolute Gasteiger partial charge is 0.163 e. The molecule has 0 radical (unpaired) electrons. The number of aliphatic hydroxyl groups excluding tert-OH is 1. The molecular formula is C27H39NO3. The molecule has 2 saturated heterocycles. The van der Waals surface area contributed by atoms with Gasteiger partial charge in [-0.3, -0.25) is 4.79 Å². The van der Waals surface area contributed by atoms with Crippen molar-refractivity contribution in [2.24, 2.45) is 35.0 Å². The summed E-state index contributed by atoms with van der Waals surface area (Å²) >= 11 is 0. The molecule has 0 aromatic heterocycles. The van der Waals surface area contributed by atoms with Gasteiger partial charge in [0.15, 0.2) is 5.78 Å². The minimum atomic E-state index is -0.263. The predicted molar refractivity (Wildman–Crippen MR) is 120 cm³/mol. The van der Waals surface area contributed by atoms with E-state index in [-0.39, 0.29) is 29.1 Å². The second kappa shape index (κ2) is 6.77. The molecule has 6 rings (SSSR count). The Morgan fingerprint density at radius 2 is 2.03 bits per heavy atom.